The molecule has 1 aromatic heterocycles. The Balaban J connectivity index is 1.51. The summed E-state index contributed by atoms with van der Waals surface area (Å²) in [6.07, 6.45) is 2.92. The molecule has 1 aliphatic heterocycles. The van der Waals surface area contributed by atoms with Crippen molar-refractivity contribution >= 4 is 69.3 Å². The topological polar surface area (TPSA) is 49.4 Å². The molecule has 0 unspecified atom stereocenters. The van der Waals surface area contributed by atoms with Crippen molar-refractivity contribution in [3.8, 4) is 0 Å². The molecule has 0 atom stereocenters. The summed E-state index contributed by atoms with van der Waals surface area (Å²) < 4.78 is 0.693. The molecule has 2 aromatic carbocycles. The molecule has 0 aliphatic carbocycles. The van der Waals surface area contributed by atoms with Gasteiger partial charge in [0.1, 0.15) is 0 Å². The number of rotatable bonds is 3. The number of nitrogens with zero attached hydrogens (tertiary/aromatic N) is 1. The van der Waals surface area contributed by atoms with Gasteiger partial charge in [-0.3, -0.25) is 9.59 Å². The van der Waals surface area contributed by atoms with Crippen molar-refractivity contribution in [2.45, 2.75) is 19.3 Å². The largest absolute Gasteiger partial charge is 0.322 e. The molecule has 3 aromatic rings. The molecule has 2 heterocycles. The Morgan fingerprint density at radius 2 is 1.73 bits per heavy atom. The Morgan fingerprint density at radius 3 is 2.47 bits per heavy atom. The Hall–Kier alpha value is -2.05. The monoisotopic (exact) mass is 478 g/mol. The Morgan fingerprint density at radius 1 is 0.967 bits per heavy atom. The molecule has 8 heteroatoms. The highest BCUT2D eigenvalue weighted by Gasteiger charge is 2.24. The van der Waals surface area contributed by atoms with Crippen LogP contribution in [0.2, 0.25) is 14.4 Å². The number of aryl methyl sites for hydroxylation is 1. The number of hydrogen-bond acceptors (Lipinski definition) is 3. The zero-order chi connectivity index (χ0) is 21.3. The van der Waals surface area contributed by atoms with E-state index in [9.17, 15) is 9.59 Å². The summed E-state index contributed by atoms with van der Waals surface area (Å²) in [5, 5.41) is 3.52. The minimum Gasteiger partial charge on any atom is -0.322 e. The standard InChI is InChI=1S/C22H17Cl3N2O2S/c23-14-6-9-16(17(24)11-14)21(28)26-15-7-4-13(5-8-15)22(29)27-10-2-1-3-19-18(27)12-20(25)30-19/h4-9,11-12H,1-3,10H2,(H,26,28). The summed E-state index contributed by atoms with van der Waals surface area (Å²) in [4.78, 5) is 28.5. The molecular weight excluding hydrogens is 463 g/mol. The fourth-order valence-corrected chi connectivity index (χ4v) is 5.21. The van der Waals surface area contributed by atoms with Crippen molar-refractivity contribution in [2.75, 3.05) is 16.8 Å². The molecule has 0 saturated heterocycles. The number of hydrogen-bond donors (Lipinski definition) is 1. The number of benzene rings is 2. The van der Waals surface area contributed by atoms with Crippen molar-refractivity contribution in [1.82, 2.24) is 0 Å². The molecule has 0 spiro atoms. The normalized spacial score (nSPS) is 13.5. The Kier molecular flexibility index (Phi) is 6.34. The van der Waals surface area contributed by atoms with Crippen LogP contribution in [0.4, 0.5) is 11.4 Å². The molecule has 30 heavy (non-hydrogen) atoms. The van der Waals surface area contributed by atoms with Gasteiger partial charge in [-0.1, -0.05) is 34.8 Å². The van der Waals surface area contributed by atoms with Gasteiger partial charge in [-0.25, -0.2) is 0 Å². The molecular formula is C22H17Cl3N2O2S. The Labute approximate surface area is 193 Å². The summed E-state index contributed by atoms with van der Waals surface area (Å²) in [6, 6.07) is 13.4. The van der Waals surface area contributed by atoms with Crippen molar-refractivity contribution in [1.29, 1.82) is 0 Å². The van der Waals surface area contributed by atoms with Gasteiger partial charge >= 0.3 is 0 Å². The van der Waals surface area contributed by atoms with Crippen molar-refractivity contribution in [3.63, 3.8) is 0 Å². The second-order valence-electron chi connectivity index (χ2n) is 6.93. The van der Waals surface area contributed by atoms with Gasteiger partial charge in [0.25, 0.3) is 11.8 Å². The SMILES string of the molecule is O=C(Nc1ccc(C(=O)N2CCCCc3sc(Cl)cc32)cc1)c1ccc(Cl)cc1Cl. The first-order valence-electron chi connectivity index (χ1n) is 9.39. The lowest BCUT2D eigenvalue weighted by Gasteiger charge is -2.21. The highest BCUT2D eigenvalue weighted by Crippen LogP contribution is 2.37. The summed E-state index contributed by atoms with van der Waals surface area (Å²) >= 11 is 19.7. The van der Waals surface area contributed by atoms with Gasteiger partial charge in [-0.2, -0.15) is 0 Å². The van der Waals surface area contributed by atoms with Crippen molar-refractivity contribution < 1.29 is 9.59 Å². The summed E-state index contributed by atoms with van der Waals surface area (Å²) in [5.41, 5.74) is 2.35. The van der Waals surface area contributed by atoms with Gasteiger partial charge in [0.2, 0.25) is 0 Å². The lowest BCUT2D eigenvalue weighted by Crippen LogP contribution is -2.31. The first kappa shape index (κ1) is 21.2. The lowest BCUT2D eigenvalue weighted by atomic mass is 10.1. The molecule has 0 fully saturated rings. The van der Waals surface area contributed by atoms with E-state index in [2.05, 4.69) is 5.32 Å². The van der Waals surface area contributed by atoms with Gasteiger partial charge < -0.3 is 10.2 Å². The van der Waals surface area contributed by atoms with Crippen LogP contribution in [-0.4, -0.2) is 18.4 Å². The number of amides is 2. The third kappa shape index (κ3) is 4.49. The van der Waals surface area contributed by atoms with E-state index >= 15 is 0 Å². The van der Waals surface area contributed by atoms with Crippen LogP contribution in [0.3, 0.4) is 0 Å². The summed E-state index contributed by atoms with van der Waals surface area (Å²) in [7, 11) is 0. The van der Waals surface area contributed by atoms with Gasteiger partial charge in [0.05, 0.1) is 20.6 Å². The maximum atomic E-state index is 13.1. The van der Waals surface area contributed by atoms with Crippen molar-refractivity contribution in [2.24, 2.45) is 0 Å². The Bertz CT molecular complexity index is 1110. The third-order valence-electron chi connectivity index (χ3n) is 4.89. The van der Waals surface area contributed by atoms with E-state index < -0.39 is 0 Å². The van der Waals surface area contributed by atoms with Crippen LogP contribution in [0.15, 0.2) is 48.5 Å². The molecule has 0 radical (unpaired) electrons. The predicted octanol–water partition coefficient (Wildman–Crippen LogP) is 6.94. The quantitative estimate of drug-likeness (QED) is 0.442. The van der Waals surface area contributed by atoms with Crippen LogP contribution in [0.25, 0.3) is 0 Å². The second kappa shape index (κ2) is 8.98. The van der Waals surface area contributed by atoms with Crippen molar-refractivity contribution in [3.05, 3.63) is 78.9 Å². The fraction of sp³-hybridized carbons (Fsp3) is 0.182. The maximum Gasteiger partial charge on any atom is 0.258 e. The van der Waals surface area contributed by atoms with Crippen LogP contribution in [-0.2, 0) is 6.42 Å². The highest BCUT2D eigenvalue weighted by atomic mass is 35.5. The number of thiophene rings is 1. The third-order valence-corrected chi connectivity index (χ3v) is 6.75. The van der Waals surface area contributed by atoms with E-state index in [1.807, 2.05) is 6.07 Å². The van der Waals surface area contributed by atoms with Crippen LogP contribution in [0.1, 0.15) is 38.4 Å². The van der Waals surface area contributed by atoms with E-state index in [4.69, 9.17) is 34.8 Å². The first-order chi connectivity index (χ1) is 14.4. The molecule has 154 valence electrons. The van der Waals surface area contributed by atoms with Crippen LogP contribution in [0, 0.1) is 0 Å². The molecule has 2 amide bonds. The van der Waals surface area contributed by atoms with Gasteiger partial charge in [0, 0.05) is 27.7 Å². The highest BCUT2D eigenvalue weighted by molar-refractivity contribution is 7.16. The zero-order valence-electron chi connectivity index (χ0n) is 15.8. The molecule has 0 bridgehead atoms. The number of halogens is 3. The van der Waals surface area contributed by atoms with Crippen LogP contribution >= 0.6 is 46.1 Å². The maximum absolute atomic E-state index is 13.1. The summed E-state index contributed by atoms with van der Waals surface area (Å²) in [5.74, 6) is -0.424. The van der Waals surface area contributed by atoms with Gasteiger partial charge in [0.15, 0.2) is 0 Å². The molecule has 1 aliphatic rings. The fourth-order valence-electron chi connectivity index (χ4n) is 3.41. The minimum atomic E-state index is -0.346. The average Bonchev–Trinajstić information content (AvgIpc) is 2.97. The average molecular weight is 480 g/mol. The van der Waals surface area contributed by atoms with E-state index in [-0.39, 0.29) is 16.8 Å². The zero-order valence-corrected chi connectivity index (χ0v) is 18.8. The number of anilines is 2. The smallest absolute Gasteiger partial charge is 0.258 e. The molecule has 4 nitrogen and oxygen atoms in total. The van der Waals surface area contributed by atoms with E-state index in [0.717, 1.165) is 29.8 Å². The van der Waals surface area contributed by atoms with E-state index in [1.54, 1.807) is 41.3 Å². The number of nitrogens with one attached hydrogen (secondary N) is 1. The minimum absolute atomic E-state index is 0.0776. The predicted molar refractivity (Wildman–Crippen MR) is 125 cm³/mol. The van der Waals surface area contributed by atoms with E-state index in [1.165, 1.54) is 17.4 Å². The molecule has 1 N–H and O–H groups in total. The van der Waals surface area contributed by atoms with Gasteiger partial charge in [-0.05, 0) is 67.8 Å². The number of fused-ring (bicyclic) bond motifs is 1. The molecule has 4 rings (SSSR count). The van der Waals surface area contributed by atoms with Crippen LogP contribution in [0.5, 0.6) is 0 Å². The van der Waals surface area contributed by atoms with E-state index in [0.29, 0.717) is 32.7 Å². The summed E-state index contributed by atoms with van der Waals surface area (Å²) in [6.45, 7) is 0.659. The second-order valence-corrected chi connectivity index (χ2v) is 9.54. The molecule has 0 saturated carbocycles. The number of carbonyl (C=O) groups is 2. The first-order valence-corrected chi connectivity index (χ1v) is 11.3. The van der Waals surface area contributed by atoms with Crippen LogP contribution < -0.4 is 10.2 Å². The lowest BCUT2D eigenvalue weighted by molar-refractivity contribution is 0.0986. The van der Waals surface area contributed by atoms with Gasteiger partial charge in [-0.15, -0.1) is 11.3 Å². The number of carbonyl (C=O) groups excluding carboxylic acids is 2.